The molecule has 8 heteroatoms. The van der Waals surface area contributed by atoms with E-state index in [1.54, 1.807) is 16.9 Å². The third-order valence-electron chi connectivity index (χ3n) is 5.31. The lowest BCUT2D eigenvalue weighted by Crippen LogP contribution is -2.18. The highest BCUT2D eigenvalue weighted by atomic mass is 32.2. The van der Waals surface area contributed by atoms with E-state index in [2.05, 4.69) is 30.4 Å². The van der Waals surface area contributed by atoms with Gasteiger partial charge in [0.05, 0.1) is 11.4 Å². The van der Waals surface area contributed by atoms with Crippen molar-refractivity contribution in [2.45, 2.75) is 31.3 Å². The molecular weight excluding hydrogens is 434 g/mol. The van der Waals surface area contributed by atoms with Gasteiger partial charge >= 0.3 is 0 Å². The van der Waals surface area contributed by atoms with Crippen LogP contribution in [0.25, 0.3) is 11.3 Å². The summed E-state index contributed by atoms with van der Waals surface area (Å²) in [4.78, 5) is 1.87. The fraction of sp³-hybridized carbons (Fsp3) is 0.200. The van der Waals surface area contributed by atoms with Crippen LogP contribution in [0.5, 0.6) is 0 Å². The molecule has 33 heavy (non-hydrogen) atoms. The Bertz CT molecular complexity index is 1320. The quantitative estimate of drug-likeness (QED) is 0.372. The van der Waals surface area contributed by atoms with E-state index in [1.807, 2.05) is 36.4 Å². The Morgan fingerprint density at radius 3 is 2.36 bits per heavy atom. The molecule has 0 radical (unpaired) electrons. The van der Waals surface area contributed by atoms with Gasteiger partial charge in [-0.1, -0.05) is 72.3 Å². The van der Waals surface area contributed by atoms with Crippen molar-refractivity contribution in [3.05, 3.63) is 101 Å². The van der Waals surface area contributed by atoms with E-state index in [9.17, 15) is 8.42 Å². The molecule has 0 fully saturated rings. The van der Waals surface area contributed by atoms with E-state index in [-0.39, 0.29) is 4.90 Å². The second kappa shape index (κ2) is 10.1. The summed E-state index contributed by atoms with van der Waals surface area (Å²) in [5.41, 5.74) is 6.19. The highest BCUT2D eigenvalue weighted by Gasteiger charge is 2.13. The predicted octanol–water partition coefficient (Wildman–Crippen LogP) is 3.28. The molecule has 0 spiro atoms. The molecule has 4 aromatic rings. The molecule has 0 saturated carbocycles. The van der Waals surface area contributed by atoms with Crippen LogP contribution in [0, 0.1) is 6.92 Å². The first-order valence-corrected chi connectivity index (χ1v) is 12.3. The number of hydrogen-bond donors (Lipinski definition) is 2. The van der Waals surface area contributed by atoms with E-state index < -0.39 is 10.0 Å². The molecule has 0 atom stereocenters. The highest BCUT2D eigenvalue weighted by Crippen LogP contribution is 2.20. The fourth-order valence-corrected chi connectivity index (χ4v) is 4.17. The van der Waals surface area contributed by atoms with Crippen LogP contribution in [0.3, 0.4) is 0 Å². The van der Waals surface area contributed by atoms with Crippen molar-refractivity contribution >= 4 is 10.0 Å². The minimum Gasteiger partial charge on any atom is -0.311 e. The Hall–Kier alpha value is -3.33. The molecule has 0 aliphatic carbocycles. The molecule has 1 heterocycles. The summed E-state index contributed by atoms with van der Waals surface area (Å²) < 4.78 is 22.8. The zero-order valence-electron chi connectivity index (χ0n) is 18.5. The number of aromatic nitrogens is 3. The minimum absolute atomic E-state index is 0.122. The SMILES string of the molecule is Cc1cccc(Cn2nc(CNCCc3ccc(S(N)(=O)=O)cc3)c(-c3ccccc3)n2)c1. The average Bonchev–Trinajstić information content (AvgIpc) is 3.19. The zero-order chi connectivity index (χ0) is 23.3. The Morgan fingerprint density at radius 1 is 0.909 bits per heavy atom. The maximum absolute atomic E-state index is 11.4. The molecule has 7 nitrogen and oxygen atoms in total. The molecule has 4 rings (SSSR count). The highest BCUT2D eigenvalue weighted by molar-refractivity contribution is 7.89. The number of nitrogens with one attached hydrogen (secondary N) is 1. The van der Waals surface area contributed by atoms with E-state index in [0.717, 1.165) is 34.5 Å². The first kappa shape index (κ1) is 22.8. The first-order valence-electron chi connectivity index (χ1n) is 10.8. The number of nitrogens with two attached hydrogens (primary N) is 1. The normalized spacial score (nSPS) is 11.6. The molecule has 0 unspecified atom stereocenters. The Labute approximate surface area is 194 Å². The van der Waals surface area contributed by atoms with Crippen molar-refractivity contribution in [1.82, 2.24) is 20.3 Å². The van der Waals surface area contributed by atoms with E-state index in [1.165, 1.54) is 17.7 Å². The monoisotopic (exact) mass is 461 g/mol. The van der Waals surface area contributed by atoms with Crippen LogP contribution in [0.15, 0.2) is 83.8 Å². The van der Waals surface area contributed by atoms with Crippen LogP contribution in [0.1, 0.15) is 22.4 Å². The van der Waals surface area contributed by atoms with Gasteiger partial charge in [0, 0.05) is 12.1 Å². The van der Waals surface area contributed by atoms with Crippen molar-refractivity contribution in [3.63, 3.8) is 0 Å². The maximum atomic E-state index is 11.4. The van der Waals surface area contributed by atoms with Gasteiger partial charge in [-0.3, -0.25) is 0 Å². The number of sulfonamides is 1. The standard InChI is InChI=1S/C25H27N5O2S/c1-19-6-5-7-21(16-19)18-30-28-24(25(29-30)22-8-3-2-4-9-22)17-27-15-14-20-10-12-23(13-11-20)33(26,31)32/h2-13,16,27H,14-15,17-18H2,1H3,(H2,26,31,32). The molecule has 0 aliphatic heterocycles. The summed E-state index contributed by atoms with van der Waals surface area (Å²) in [6.45, 7) is 3.98. The van der Waals surface area contributed by atoms with E-state index in [0.29, 0.717) is 19.6 Å². The van der Waals surface area contributed by atoms with Crippen LogP contribution in [-0.2, 0) is 29.5 Å². The lowest BCUT2D eigenvalue weighted by molar-refractivity contribution is 0.576. The van der Waals surface area contributed by atoms with E-state index >= 15 is 0 Å². The number of rotatable bonds is 9. The van der Waals surface area contributed by atoms with Crippen molar-refractivity contribution in [1.29, 1.82) is 0 Å². The summed E-state index contributed by atoms with van der Waals surface area (Å²) in [6.07, 6.45) is 0.753. The number of primary sulfonamides is 1. The summed E-state index contributed by atoms with van der Waals surface area (Å²) in [7, 11) is -3.67. The third-order valence-corrected chi connectivity index (χ3v) is 6.24. The topological polar surface area (TPSA) is 103 Å². The Balaban J connectivity index is 1.44. The lowest BCUT2D eigenvalue weighted by atomic mass is 10.1. The van der Waals surface area contributed by atoms with Crippen LogP contribution in [0.4, 0.5) is 0 Å². The minimum atomic E-state index is -3.67. The van der Waals surface area contributed by atoms with Crippen LogP contribution >= 0.6 is 0 Å². The summed E-state index contributed by atoms with van der Waals surface area (Å²) in [5.74, 6) is 0. The molecule has 170 valence electrons. The van der Waals surface area contributed by atoms with Crippen molar-refractivity contribution in [3.8, 4) is 11.3 Å². The van der Waals surface area contributed by atoms with Crippen molar-refractivity contribution in [2.24, 2.45) is 5.14 Å². The van der Waals surface area contributed by atoms with Gasteiger partial charge in [-0.15, -0.1) is 0 Å². The summed E-state index contributed by atoms with van der Waals surface area (Å²) in [5, 5.41) is 18.1. The molecular formula is C25H27N5O2S. The fourth-order valence-electron chi connectivity index (χ4n) is 3.65. The molecule has 0 amide bonds. The Kier molecular flexibility index (Phi) is 6.98. The maximum Gasteiger partial charge on any atom is 0.238 e. The lowest BCUT2D eigenvalue weighted by Gasteiger charge is -2.05. The van der Waals surface area contributed by atoms with Gasteiger partial charge in [0.15, 0.2) is 0 Å². The van der Waals surface area contributed by atoms with Crippen LogP contribution in [0.2, 0.25) is 0 Å². The van der Waals surface area contributed by atoms with Gasteiger partial charge in [-0.2, -0.15) is 15.0 Å². The van der Waals surface area contributed by atoms with Gasteiger partial charge in [-0.05, 0) is 43.1 Å². The second-order valence-electron chi connectivity index (χ2n) is 8.00. The number of nitrogens with zero attached hydrogens (tertiary/aromatic N) is 3. The number of aryl methyl sites for hydroxylation is 1. The van der Waals surface area contributed by atoms with Crippen LogP contribution in [-0.4, -0.2) is 30.0 Å². The summed E-state index contributed by atoms with van der Waals surface area (Å²) >= 11 is 0. The van der Waals surface area contributed by atoms with E-state index in [4.69, 9.17) is 15.3 Å². The predicted molar refractivity (Wildman–Crippen MR) is 129 cm³/mol. The molecule has 3 N–H and O–H groups in total. The number of hydrogen-bond acceptors (Lipinski definition) is 5. The summed E-state index contributed by atoms with van der Waals surface area (Å²) in [6, 6.07) is 25.1. The van der Waals surface area contributed by atoms with Gasteiger partial charge in [0.1, 0.15) is 11.4 Å². The largest absolute Gasteiger partial charge is 0.311 e. The average molecular weight is 462 g/mol. The molecule has 0 aliphatic rings. The zero-order valence-corrected chi connectivity index (χ0v) is 19.3. The van der Waals surface area contributed by atoms with Crippen molar-refractivity contribution in [2.75, 3.05) is 6.54 Å². The smallest absolute Gasteiger partial charge is 0.238 e. The van der Waals surface area contributed by atoms with Gasteiger partial charge in [0.2, 0.25) is 10.0 Å². The molecule has 3 aromatic carbocycles. The molecule has 1 aromatic heterocycles. The van der Waals surface area contributed by atoms with Gasteiger partial charge < -0.3 is 5.32 Å². The van der Waals surface area contributed by atoms with Gasteiger partial charge in [0.25, 0.3) is 0 Å². The Morgan fingerprint density at radius 2 is 1.67 bits per heavy atom. The van der Waals surface area contributed by atoms with Crippen LogP contribution < -0.4 is 10.5 Å². The first-order chi connectivity index (χ1) is 15.9. The van der Waals surface area contributed by atoms with Gasteiger partial charge in [-0.25, -0.2) is 13.6 Å². The molecule has 0 bridgehead atoms. The number of benzene rings is 3. The molecule has 0 saturated heterocycles. The third kappa shape index (κ3) is 6.13. The second-order valence-corrected chi connectivity index (χ2v) is 9.56. The van der Waals surface area contributed by atoms with Crippen molar-refractivity contribution < 1.29 is 8.42 Å².